The first-order valence-electron chi connectivity index (χ1n) is 7.44. The zero-order valence-corrected chi connectivity index (χ0v) is 14.7. The van der Waals surface area contributed by atoms with E-state index < -0.39 is 4.92 Å². The second kappa shape index (κ2) is 9.02. The monoisotopic (exact) mass is 366 g/mol. The number of nitrogens with one attached hydrogen (secondary N) is 1. The Balaban J connectivity index is 1.73. The number of carbonyl (C=O) groups excluding carboxylic acids is 1. The minimum Gasteiger partial charge on any atom is -0.490 e. The fourth-order valence-corrected chi connectivity index (χ4v) is 2.84. The maximum atomic E-state index is 11.8. The molecule has 0 unspecified atom stereocenters. The van der Waals surface area contributed by atoms with Gasteiger partial charge in [0.1, 0.15) is 0 Å². The summed E-state index contributed by atoms with van der Waals surface area (Å²) in [5.74, 6) is 1.88. The molecular weight excluding hydrogens is 348 g/mol. The molecule has 1 amide bonds. The molecule has 0 saturated carbocycles. The molecule has 1 N–H and O–H groups in total. The summed E-state index contributed by atoms with van der Waals surface area (Å²) >= 11 is 1.37. The van der Waals surface area contributed by atoms with Gasteiger partial charge in [-0.05, 0) is 18.6 Å². The number of thioether (sulfide) groups is 1. The van der Waals surface area contributed by atoms with Crippen molar-refractivity contribution < 1.29 is 19.0 Å². The van der Waals surface area contributed by atoms with Crippen molar-refractivity contribution in [1.29, 1.82) is 0 Å². The number of ether oxygens (including phenoxy) is 1. The maximum Gasteiger partial charge on any atom is 0.311 e. The normalized spacial score (nSPS) is 10.5. The van der Waals surface area contributed by atoms with E-state index in [9.17, 15) is 14.9 Å². The fraction of sp³-hybridized carbons (Fsp3) is 0.400. The van der Waals surface area contributed by atoms with Gasteiger partial charge in [0.15, 0.2) is 11.6 Å². The van der Waals surface area contributed by atoms with Crippen LogP contribution in [-0.2, 0) is 17.0 Å². The Morgan fingerprint density at radius 1 is 1.48 bits per heavy atom. The molecule has 0 radical (unpaired) electrons. The topological polar surface area (TPSA) is 120 Å². The lowest BCUT2D eigenvalue weighted by Crippen LogP contribution is -2.27. The number of aryl methyl sites for hydroxylation is 1. The largest absolute Gasteiger partial charge is 0.490 e. The van der Waals surface area contributed by atoms with Crippen LogP contribution in [0.1, 0.15) is 17.3 Å². The molecule has 0 fully saturated rings. The zero-order chi connectivity index (χ0) is 18.2. The SMILES string of the molecule is COc1ccc(CSCC(=O)NCCc2nc(C)no2)cc1[N+](=O)[O-]. The Morgan fingerprint density at radius 3 is 2.92 bits per heavy atom. The second-order valence-corrected chi connectivity index (χ2v) is 6.08. The minimum absolute atomic E-state index is 0.0834. The molecule has 0 atom stereocenters. The van der Waals surface area contributed by atoms with Gasteiger partial charge in [0.2, 0.25) is 11.8 Å². The van der Waals surface area contributed by atoms with Crippen molar-refractivity contribution in [1.82, 2.24) is 15.5 Å². The Labute approximate surface area is 148 Å². The van der Waals surface area contributed by atoms with Crippen LogP contribution in [0.5, 0.6) is 5.75 Å². The van der Waals surface area contributed by atoms with Gasteiger partial charge in [0.25, 0.3) is 0 Å². The Morgan fingerprint density at radius 2 is 2.28 bits per heavy atom. The number of nitro groups is 1. The number of rotatable bonds is 9. The molecule has 0 aliphatic heterocycles. The highest BCUT2D eigenvalue weighted by molar-refractivity contribution is 7.99. The molecule has 134 valence electrons. The van der Waals surface area contributed by atoms with E-state index in [1.165, 1.54) is 24.9 Å². The molecule has 25 heavy (non-hydrogen) atoms. The summed E-state index contributed by atoms with van der Waals surface area (Å²) in [6, 6.07) is 4.76. The van der Waals surface area contributed by atoms with Crippen molar-refractivity contribution in [2.24, 2.45) is 0 Å². The van der Waals surface area contributed by atoms with Gasteiger partial charge >= 0.3 is 5.69 Å². The lowest BCUT2D eigenvalue weighted by Gasteiger charge is -2.06. The average Bonchev–Trinajstić information content (AvgIpc) is 3.00. The highest BCUT2D eigenvalue weighted by Gasteiger charge is 2.15. The predicted octanol–water partition coefficient (Wildman–Crippen LogP) is 1.89. The van der Waals surface area contributed by atoms with Gasteiger partial charge in [-0.3, -0.25) is 14.9 Å². The Kier molecular flexibility index (Phi) is 6.75. The maximum absolute atomic E-state index is 11.8. The first-order chi connectivity index (χ1) is 12.0. The van der Waals surface area contributed by atoms with E-state index in [0.717, 1.165) is 5.56 Å². The van der Waals surface area contributed by atoms with E-state index in [0.29, 0.717) is 30.4 Å². The van der Waals surface area contributed by atoms with Gasteiger partial charge in [-0.15, -0.1) is 11.8 Å². The smallest absolute Gasteiger partial charge is 0.311 e. The fourth-order valence-electron chi connectivity index (χ4n) is 2.03. The van der Waals surface area contributed by atoms with Crippen molar-refractivity contribution in [3.05, 3.63) is 45.6 Å². The van der Waals surface area contributed by atoms with Crippen molar-refractivity contribution in [2.45, 2.75) is 19.1 Å². The van der Waals surface area contributed by atoms with E-state index >= 15 is 0 Å². The van der Waals surface area contributed by atoms with Gasteiger partial charge in [-0.2, -0.15) is 4.98 Å². The van der Waals surface area contributed by atoms with Crippen LogP contribution in [0, 0.1) is 17.0 Å². The number of aromatic nitrogens is 2. The van der Waals surface area contributed by atoms with Crippen LogP contribution < -0.4 is 10.1 Å². The van der Waals surface area contributed by atoms with Gasteiger partial charge in [-0.1, -0.05) is 11.2 Å². The average molecular weight is 366 g/mol. The molecule has 1 heterocycles. The lowest BCUT2D eigenvalue weighted by molar-refractivity contribution is -0.385. The molecule has 0 saturated heterocycles. The molecule has 0 bridgehead atoms. The van der Waals surface area contributed by atoms with Crippen LogP contribution in [0.25, 0.3) is 0 Å². The van der Waals surface area contributed by atoms with Crippen LogP contribution >= 0.6 is 11.8 Å². The highest BCUT2D eigenvalue weighted by Crippen LogP contribution is 2.28. The quantitative estimate of drug-likeness (QED) is 0.527. The van der Waals surface area contributed by atoms with E-state index in [1.807, 2.05) is 0 Å². The number of amides is 1. The molecular formula is C15H18N4O5S. The first kappa shape index (κ1) is 18.7. The van der Waals surface area contributed by atoms with Crippen molar-refractivity contribution in [3.8, 4) is 5.75 Å². The van der Waals surface area contributed by atoms with Crippen LogP contribution in [0.3, 0.4) is 0 Å². The third-order valence-electron chi connectivity index (χ3n) is 3.17. The highest BCUT2D eigenvalue weighted by atomic mass is 32.2. The third-order valence-corrected chi connectivity index (χ3v) is 4.18. The number of nitrogens with zero attached hydrogens (tertiary/aromatic N) is 3. The van der Waals surface area contributed by atoms with E-state index in [4.69, 9.17) is 9.26 Å². The van der Waals surface area contributed by atoms with Crippen LogP contribution in [-0.4, -0.2) is 40.4 Å². The summed E-state index contributed by atoms with van der Waals surface area (Å²) in [6.07, 6.45) is 0.474. The van der Waals surface area contributed by atoms with Crippen molar-refractivity contribution in [2.75, 3.05) is 19.4 Å². The number of hydrogen-bond donors (Lipinski definition) is 1. The Hall–Kier alpha value is -2.62. The zero-order valence-electron chi connectivity index (χ0n) is 13.9. The predicted molar refractivity (Wildman–Crippen MR) is 91.6 cm³/mol. The minimum atomic E-state index is -0.487. The number of carbonyl (C=O) groups is 1. The first-order valence-corrected chi connectivity index (χ1v) is 8.60. The molecule has 2 aromatic rings. The molecule has 0 spiro atoms. The molecule has 10 heteroatoms. The third kappa shape index (κ3) is 5.75. The molecule has 9 nitrogen and oxygen atoms in total. The summed E-state index contributed by atoms with van der Waals surface area (Å²) in [4.78, 5) is 26.3. The van der Waals surface area contributed by atoms with E-state index in [2.05, 4.69) is 15.5 Å². The molecule has 1 aromatic carbocycles. The van der Waals surface area contributed by atoms with Crippen LogP contribution in [0.2, 0.25) is 0 Å². The van der Waals surface area contributed by atoms with Gasteiger partial charge in [0, 0.05) is 24.8 Å². The summed E-state index contributed by atoms with van der Waals surface area (Å²) in [7, 11) is 1.39. The number of methoxy groups -OCH3 is 1. The van der Waals surface area contributed by atoms with Crippen molar-refractivity contribution >= 4 is 23.4 Å². The molecule has 1 aromatic heterocycles. The summed E-state index contributed by atoms with van der Waals surface area (Å²) in [5.41, 5.74) is 0.673. The van der Waals surface area contributed by atoms with Gasteiger partial charge in [0.05, 0.1) is 17.8 Å². The van der Waals surface area contributed by atoms with Crippen molar-refractivity contribution in [3.63, 3.8) is 0 Å². The van der Waals surface area contributed by atoms with Gasteiger partial charge in [-0.25, -0.2) is 0 Å². The van der Waals surface area contributed by atoms with E-state index in [1.54, 1.807) is 19.1 Å². The van der Waals surface area contributed by atoms with Crippen LogP contribution in [0.4, 0.5) is 5.69 Å². The Bertz CT molecular complexity index is 749. The number of hydrogen-bond acceptors (Lipinski definition) is 8. The molecule has 0 aliphatic rings. The lowest BCUT2D eigenvalue weighted by atomic mass is 10.2. The summed E-state index contributed by atoms with van der Waals surface area (Å²) < 4.78 is 9.91. The van der Waals surface area contributed by atoms with Crippen LogP contribution in [0.15, 0.2) is 22.7 Å². The summed E-state index contributed by atoms with van der Waals surface area (Å²) in [5, 5.41) is 17.4. The van der Waals surface area contributed by atoms with Gasteiger partial charge < -0.3 is 14.6 Å². The molecule has 2 rings (SSSR count). The number of nitro benzene ring substituents is 1. The second-order valence-electron chi connectivity index (χ2n) is 5.09. The van der Waals surface area contributed by atoms with E-state index in [-0.39, 0.29) is 23.1 Å². The molecule has 0 aliphatic carbocycles. The summed E-state index contributed by atoms with van der Waals surface area (Å²) in [6.45, 7) is 2.14. The number of benzene rings is 1. The standard InChI is InChI=1S/C15H18N4O5S/c1-10-17-15(24-18-10)5-6-16-14(20)9-25-8-11-3-4-13(23-2)12(7-11)19(21)22/h3-4,7H,5-6,8-9H2,1-2H3,(H,16,20).